The number of anilines is 3. The second-order valence-corrected chi connectivity index (χ2v) is 24.2. The van der Waals surface area contributed by atoms with Crippen LogP contribution in [0.2, 0.25) is 0 Å². The highest BCUT2D eigenvalue weighted by molar-refractivity contribution is 15.0. The lowest BCUT2D eigenvalue weighted by molar-refractivity contribution is -0.125. The molecule has 23 nitrogen and oxygen atoms in total. The summed E-state index contributed by atoms with van der Waals surface area (Å²) in [6, 6.07) is 30.1. The fourth-order valence-corrected chi connectivity index (χ4v) is 13.0. The van der Waals surface area contributed by atoms with Gasteiger partial charge in [-0.2, -0.15) is 15.3 Å². The summed E-state index contributed by atoms with van der Waals surface area (Å²) >= 11 is 4.24. The molecule has 6 aromatic carbocycles. The average molecular weight is 1740 g/mol. The Morgan fingerprint density at radius 1 is 0.459 bits per heavy atom. The van der Waals surface area contributed by atoms with Gasteiger partial charge in [-0.05, 0) is 141 Å². The van der Waals surface area contributed by atoms with E-state index in [-0.39, 0.29) is 105 Å². The van der Waals surface area contributed by atoms with E-state index in [1.54, 1.807) is 96.4 Å². The van der Waals surface area contributed by atoms with E-state index >= 15 is 0 Å². The van der Waals surface area contributed by atoms with Crippen molar-refractivity contribution >= 4 is 112 Å². The van der Waals surface area contributed by atoms with E-state index in [1.807, 2.05) is 32.3 Å². The molecular weight excluding hydrogens is 1670 g/mol. The third-order valence-electron chi connectivity index (χ3n) is 17.8. The van der Waals surface area contributed by atoms with Gasteiger partial charge in [0.2, 0.25) is 0 Å². The van der Waals surface area contributed by atoms with Gasteiger partial charge in [-0.3, -0.25) is 24.0 Å². The van der Waals surface area contributed by atoms with Gasteiger partial charge in [-0.1, -0.05) is 88.7 Å². The number of ether oxygens (including phenoxy) is 3. The number of hydrogen-bond donors (Lipinski definition) is 7. The van der Waals surface area contributed by atoms with E-state index in [4.69, 9.17) is 31.4 Å². The molecule has 3 aliphatic heterocycles. The molecular formula is C77H74ClF6I2N15O8. The van der Waals surface area contributed by atoms with Gasteiger partial charge in [0.25, 0.3) is 28.5 Å². The molecule has 12 aromatic rings. The van der Waals surface area contributed by atoms with Crippen molar-refractivity contribution in [2.24, 2.45) is 0 Å². The number of aromatic amines is 3. The second-order valence-electron chi connectivity index (χ2n) is 24.2. The Balaban J connectivity index is 0.000000200. The minimum atomic E-state index is -0.811. The van der Waals surface area contributed by atoms with Crippen LogP contribution in [-0.2, 0) is 9.59 Å². The van der Waals surface area contributed by atoms with Gasteiger partial charge in [0, 0.05) is 111 Å². The van der Waals surface area contributed by atoms with E-state index < -0.39 is 63.3 Å². The van der Waals surface area contributed by atoms with Crippen LogP contribution >= 0.6 is 49.6 Å². The predicted molar refractivity (Wildman–Crippen MR) is 429 cm³/mol. The number of H-pyrrole nitrogens is 3. The molecule has 2 amide bonds. The van der Waals surface area contributed by atoms with Gasteiger partial charge >= 0.3 is 0 Å². The molecule has 10 N–H and O–H groups in total. The molecule has 3 atom stereocenters. The first kappa shape index (κ1) is 83.4. The topological polar surface area (TPSA) is 310 Å². The van der Waals surface area contributed by atoms with Crippen LogP contribution in [0, 0.1) is 58.6 Å². The number of nitrogens with zero attached hydrogens (tertiary/aromatic N) is 8. The van der Waals surface area contributed by atoms with Crippen molar-refractivity contribution in [1.82, 2.24) is 59.4 Å². The lowest BCUT2D eigenvalue weighted by atomic mass is 10.1. The normalized spacial score (nSPS) is 14.6. The summed E-state index contributed by atoms with van der Waals surface area (Å²) < 4.78 is 105. The zero-order valence-corrected chi connectivity index (χ0v) is 61.1. The van der Waals surface area contributed by atoms with Crippen LogP contribution in [0.1, 0.15) is 73.5 Å². The largest absolute Gasteiger partial charge is 0.451 e. The van der Waals surface area contributed by atoms with Crippen LogP contribution in [-0.4, -0.2) is 105 Å². The van der Waals surface area contributed by atoms with Crippen molar-refractivity contribution in [1.29, 1.82) is 0 Å². The molecule has 3 saturated heterocycles. The number of aromatic nitrogens is 9. The number of halogens is 9. The molecule has 32 heteroatoms. The number of carbonyl (C=O) groups is 2. The van der Waals surface area contributed by atoms with Crippen LogP contribution in [0.5, 0.6) is 34.5 Å². The highest BCUT2D eigenvalue weighted by atomic mass is 128. The van der Waals surface area contributed by atoms with Gasteiger partial charge in [-0.15, -0.1) is 12.4 Å². The van der Waals surface area contributed by atoms with Gasteiger partial charge in [-0.25, -0.2) is 41.6 Å². The lowest BCUT2D eigenvalue weighted by Gasteiger charge is -2.15. The lowest BCUT2D eigenvalue weighted by Crippen LogP contribution is -2.28. The Morgan fingerprint density at radius 3 is 1.01 bits per heavy atom. The molecule has 0 radical (unpaired) electrons. The quantitative estimate of drug-likeness (QED) is 0.0340. The van der Waals surface area contributed by atoms with Crippen molar-refractivity contribution < 1.29 is 50.1 Å². The highest BCUT2D eigenvalue weighted by Crippen LogP contribution is 2.41. The minimum Gasteiger partial charge on any atom is -0.451 e. The molecule has 109 heavy (non-hydrogen) atoms. The van der Waals surface area contributed by atoms with Crippen LogP contribution in [0.25, 0.3) is 66.1 Å². The Kier molecular flexibility index (Phi) is 28.0. The summed E-state index contributed by atoms with van der Waals surface area (Å²) in [6.07, 6.45) is 7.71. The summed E-state index contributed by atoms with van der Waals surface area (Å²) in [7, 11) is 0. The number of likely N-dealkylation sites (tertiary alicyclic amines) is 2. The first-order valence-corrected chi connectivity index (χ1v) is 38.7. The Labute approximate surface area is 650 Å². The molecule has 0 bridgehead atoms. The maximum Gasteiger partial charge on any atom is 0.298 e. The van der Waals surface area contributed by atoms with E-state index in [2.05, 4.69) is 96.8 Å². The summed E-state index contributed by atoms with van der Waals surface area (Å²) in [5.41, 5.74) is 22.8. The molecule has 0 aliphatic carbocycles. The van der Waals surface area contributed by atoms with E-state index in [0.29, 0.717) is 94.0 Å². The molecule has 0 unspecified atom stereocenters. The monoisotopic (exact) mass is 1740 g/mol. The summed E-state index contributed by atoms with van der Waals surface area (Å²) in [5.74, 6) is 4.84. The van der Waals surface area contributed by atoms with Gasteiger partial charge in [0.1, 0.15) is 33.8 Å². The molecule has 3 aliphatic rings. The molecule has 15 rings (SSSR count). The van der Waals surface area contributed by atoms with Crippen molar-refractivity contribution in [2.45, 2.75) is 73.5 Å². The van der Waals surface area contributed by atoms with Crippen LogP contribution < -0.4 is 53.4 Å². The Bertz CT molecular complexity index is 5330. The molecule has 0 saturated carbocycles. The van der Waals surface area contributed by atoms with E-state index in [9.17, 15) is 50.3 Å². The zero-order chi connectivity index (χ0) is 74.3. The van der Waals surface area contributed by atoms with Gasteiger partial charge in [0.15, 0.2) is 69.6 Å². The van der Waals surface area contributed by atoms with Crippen LogP contribution in [0.3, 0.4) is 0 Å². The van der Waals surface area contributed by atoms with Crippen molar-refractivity contribution in [3.63, 3.8) is 0 Å². The fraction of sp³-hybridized carbons (Fsp3) is 0.221. The second kappa shape index (κ2) is 36.6. The van der Waals surface area contributed by atoms with Crippen molar-refractivity contribution in [3.05, 3.63) is 212 Å². The third kappa shape index (κ3) is 17.5. The smallest absolute Gasteiger partial charge is 0.298 e. The third-order valence-corrected chi connectivity index (χ3v) is 17.8. The number of para-hydroxylation sites is 3. The Hall–Kier alpha value is -11.3. The number of amides is 2. The van der Waals surface area contributed by atoms with Gasteiger partial charge in [0.05, 0.1) is 28.2 Å². The van der Waals surface area contributed by atoms with E-state index in [0.717, 1.165) is 67.0 Å². The number of nitrogens with one attached hydrogen (secondary N) is 4. The molecule has 3 fully saturated rings. The molecule has 0 spiro atoms. The SMILES string of the molecule is C.C.C.CC#CC(=O)N1CC[C@@H](n2cc(-c3ccc(Oc4c(F)cccc4F)cc3)c3c(N)n[nH]c(=O)c32)C1.CC#CC(=O)N1CC[C@@H](n2cc(-c3ccc(Oc4c(F)cccc4F)cc3)c3c(N)n[nH]c(=O)c32)C1.Cl.II.Nc1n[nH]c(=O)c2c1c(-c1ccc(Oc3c(F)cccc3F)cc1)cn2[C@@H]1CCNC1. The zero-order valence-electron chi connectivity index (χ0n) is 56.0. The van der Waals surface area contributed by atoms with Crippen molar-refractivity contribution in [2.75, 3.05) is 56.5 Å². The fourth-order valence-electron chi connectivity index (χ4n) is 13.0. The number of benzene rings is 6. The maximum atomic E-state index is 14.0. The number of rotatable bonds is 12. The summed E-state index contributed by atoms with van der Waals surface area (Å²) in [6.45, 7) is 6.68. The predicted octanol–water partition coefficient (Wildman–Crippen LogP) is 15.4. The molecule has 568 valence electrons. The average Bonchev–Trinajstić information content (AvgIpc) is 1.62. The van der Waals surface area contributed by atoms with Crippen LogP contribution in [0.4, 0.5) is 43.8 Å². The van der Waals surface area contributed by atoms with Crippen molar-refractivity contribution in [3.8, 4) is 91.6 Å². The molecule has 6 aromatic heterocycles. The first-order valence-electron chi connectivity index (χ1n) is 32.4. The highest BCUT2D eigenvalue weighted by Gasteiger charge is 2.33. The van der Waals surface area contributed by atoms with E-state index in [1.165, 1.54) is 18.2 Å². The number of hydrogen-bond acceptors (Lipinski definition) is 15. The summed E-state index contributed by atoms with van der Waals surface area (Å²) in [5, 5.41) is 23.9. The van der Waals surface area contributed by atoms with Gasteiger partial charge < -0.3 is 60.2 Å². The molecule has 9 heterocycles. The number of fused-ring (bicyclic) bond motifs is 3. The number of carbonyl (C=O) groups excluding carboxylic acids is 2. The van der Waals surface area contributed by atoms with Crippen LogP contribution in [0.15, 0.2) is 160 Å². The minimum absolute atomic E-state index is 0. The Morgan fingerprint density at radius 2 is 0.743 bits per heavy atom. The number of nitrogen functional groups attached to an aromatic ring is 3. The maximum absolute atomic E-state index is 14.0. The number of nitrogens with two attached hydrogens (primary N) is 3. The summed E-state index contributed by atoms with van der Waals surface area (Å²) in [4.78, 5) is 65.9. The standard InChI is InChI=1S/2C26H21F2N5O3.C22H19F2N5O2.3CH4.ClH.I2/c2*1-2-4-21(34)32-12-11-16(13-32)33-14-18(22-23(33)26(35)31-30-25(22)29)15-7-9-17(10-8-15)36-24-19(27)5-3-6-20(24)28;23-16-2-1-3-17(24)20(16)31-14-6-4-12(5-7-14)15-11-29(13-8-9-26-10-13)19-18(15)21(25)27-28-22(19)30;;;;;1-2/h2*3,5-10,14,16H,11-13H2,1H3,(H2,29,30)(H,31,35);1-7,11,13,26H,8-10H2,(H2,25,27)(H,28,30);3*1H4;1H;/t2*16-;13-;;;;;/m111...../s1. The first-order chi connectivity index (χ1) is 50.8.